The summed E-state index contributed by atoms with van der Waals surface area (Å²) in [6.45, 7) is 8.90. The van der Waals surface area contributed by atoms with Gasteiger partial charge in [-0.05, 0) is 54.3 Å². The van der Waals surface area contributed by atoms with Crippen LogP contribution in [-0.2, 0) is 6.42 Å². The smallest absolute Gasteiger partial charge is 0.251 e. The molecule has 0 saturated carbocycles. The quantitative estimate of drug-likeness (QED) is 0.647. The molecule has 3 heterocycles. The number of rotatable bonds is 3. The van der Waals surface area contributed by atoms with Crippen LogP contribution in [0.4, 0.5) is 11.5 Å². The van der Waals surface area contributed by atoms with E-state index in [0.717, 1.165) is 58.6 Å². The van der Waals surface area contributed by atoms with Gasteiger partial charge in [-0.25, -0.2) is 4.98 Å². The molecule has 33 heavy (non-hydrogen) atoms. The second kappa shape index (κ2) is 8.28. The number of likely N-dealkylation sites (N-methyl/N-ethyl adjacent to an activating group) is 1. The summed E-state index contributed by atoms with van der Waals surface area (Å²) < 4.78 is 0. The molecule has 0 bridgehead atoms. The molecule has 0 spiro atoms. The number of carbonyl (C=O) groups is 1. The molecule has 2 aliphatic rings. The summed E-state index contributed by atoms with van der Waals surface area (Å²) in [6.07, 6.45) is 2.64. The summed E-state index contributed by atoms with van der Waals surface area (Å²) in [4.78, 5) is 21.2. The molecule has 0 aliphatic carbocycles. The van der Waals surface area contributed by atoms with Gasteiger partial charge in [-0.15, -0.1) is 0 Å². The van der Waals surface area contributed by atoms with Crippen LogP contribution in [0.2, 0.25) is 0 Å². The van der Waals surface area contributed by atoms with Gasteiger partial charge in [-0.2, -0.15) is 0 Å². The van der Waals surface area contributed by atoms with E-state index in [2.05, 4.69) is 77.0 Å². The van der Waals surface area contributed by atoms with Crippen molar-refractivity contribution in [2.75, 3.05) is 37.3 Å². The number of nitrogen functional groups attached to an aromatic ring is 1. The molecule has 168 valence electrons. The molecule has 1 amide bonds. The van der Waals surface area contributed by atoms with Crippen LogP contribution >= 0.6 is 0 Å². The maximum absolute atomic E-state index is 12.1. The lowest BCUT2D eigenvalue weighted by Gasteiger charge is -2.41. The Morgan fingerprint density at radius 3 is 2.58 bits per heavy atom. The molecule has 6 heteroatoms. The average Bonchev–Trinajstić information content (AvgIpc) is 2.82. The minimum absolute atomic E-state index is 0.0129. The predicted molar refractivity (Wildman–Crippen MR) is 134 cm³/mol. The third-order valence-corrected chi connectivity index (χ3v) is 6.84. The number of nitrogens with zero attached hydrogens (tertiary/aromatic N) is 3. The third-order valence-electron chi connectivity index (χ3n) is 6.84. The topological polar surface area (TPSA) is 74.5 Å². The second-order valence-corrected chi connectivity index (χ2v) is 8.99. The van der Waals surface area contributed by atoms with Gasteiger partial charge in [0.15, 0.2) is 0 Å². The molecule has 1 atom stereocenters. The van der Waals surface area contributed by atoms with Gasteiger partial charge in [-0.1, -0.05) is 30.8 Å². The zero-order chi connectivity index (χ0) is 23.1. The SMILES string of the molecule is C=C1CN(c2ccc(-c3cnc(N)c(-c4ccc5c(c4)CCNC5=O)c3)cc2)CC(C)N1C. The Morgan fingerprint density at radius 2 is 1.82 bits per heavy atom. The van der Waals surface area contributed by atoms with E-state index in [1.165, 1.54) is 5.69 Å². The van der Waals surface area contributed by atoms with E-state index in [1.54, 1.807) is 0 Å². The summed E-state index contributed by atoms with van der Waals surface area (Å²) in [5, 5.41) is 2.89. The van der Waals surface area contributed by atoms with Gasteiger partial charge in [0.1, 0.15) is 5.82 Å². The minimum atomic E-state index is -0.0129. The molecular formula is C27H29N5O. The summed E-state index contributed by atoms with van der Waals surface area (Å²) >= 11 is 0. The minimum Gasteiger partial charge on any atom is -0.383 e. The van der Waals surface area contributed by atoms with Crippen molar-refractivity contribution in [1.82, 2.24) is 15.2 Å². The first-order chi connectivity index (χ1) is 15.9. The maximum atomic E-state index is 12.1. The number of fused-ring (bicyclic) bond motifs is 1. The van der Waals surface area contributed by atoms with E-state index >= 15 is 0 Å². The molecule has 1 fully saturated rings. The van der Waals surface area contributed by atoms with Crippen molar-refractivity contribution in [3.63, 3.8) is 0 Å². The molecule has 5 rings (SSSR count). The molecule has 3 aromatic rings. The first kappa shape index (κ1) is 21.1. The lowest BCUT2D eigenvalue weighted by atomic mass is 9.94. The summed E-state index contributed by atoms with van der Waals surface area (Å²) in [7, 11) is 2.11. The van der Waals surface area contributed by atoms with Gasteiger partial charge in [-0.3, -0.25) is 4.79 Å². The first-order valence-corrected chi connectivity index (χ1v) is 11.3. The Balaban J connectivity index is 1.43. The van der Waals surface area contributed by atoms with Gasteiger partial charge in [0, 0.05) is 60.5 Å². The highest BCUT2D eigenvalue weighted by Crippen LogP contribution is 2.32. The normalized spacial score (nSPS) is 18.2. The van der Waals surface area contributed by atoms with E-state index < -0.39 is 0 Å². The lowest BCUT2D eigenvalue weighted by Crippen LogP contribution is -2.48. The van der Waals surface area contributed by atoms with Gasteiger partial charge in [0.05, 0.1) is 6.54 Å². The molecule has 2 aromatic carbocycles. The second-order valence-electron chi connectivity index (χ2n) is 8.99. The number of aromatic nitrogens is 1. The number of pyridine rings is 1. The summed E-state index contributed by atoms with van der Waals surface area (Å²) in [5.41, 5.74) is 14.3. The Labute approximate surface area is 194 Å². The number of benzene rings is 2. The lowest BCUT2D eigenvalue weighted by molar-refractivity contribution is 0.0946. The van der Waals surface area contributed by atoms with Crippen LogP contribution in [0.25, 0.3) is 22.3 Å². The van der Waals surface area contributed by atoms with Crippen LogP contribution < -0.4 is 16.0 Å². The number of hydrogen-bond donors (Lipinski definition) is 2. The standard InChI is InChI=1S/C27H29N5O/c1-17-15-32(16-18(2)31(17)3)23-7-4-19(5-8-23)22-13-25(26(28)30-14-22)20-6-9-24-21(12-20)10-11-29-27(24)33/h4-9,12-14,18H,1,10-11,15-16H2,2-3H3,(H2,28,30)(H,29,33). The molecule has 1 unspecified atom stereocenters. The Bertz CT molecular complexity index is 1230. The molecule has 1 aromatic heterocycles. The van der Waals surface area contributed by atoms with Crippen molar-refractivity contribution in [2.45, 2.75) is 19.4 Å². The number of nitrogens with one attached hydrogen (secondary N) is 1. The number of amides is 1. The number of anilines is 2. The van der Waals surface area contributed by atoms with Crippen LogP contribution in [0.5, 0.6) is 0 Å². The van der Waals surface area contributed by atoms with E-state index in [4.69, 9.17) is 5.73 Å². The van der Waals surface area contributed by atoms with Crippen LogP contribution in [-0.4, -0.2) is 48.5 Å². The first-order valence-electron chi connectivity index (χ1n) is 11.3. The van der Waals surface area contributed by atoms with E-state index in [9.17, 15) is 4.79 Å². The van der Waals surface area contributed by atoms with E-state index in [-0.39, 0.29) is 5.91 Å². The fraction of sp³-hybridized carbons (Fsp3) is 0.259. The molecule has 2 aliphatic heterocycles. The Kier molecular flexibility index (Phi) is 5.29. The van der Waals surface area contributed by atoms with Crippen LogP contribution in [0.15, 0.2) is 67.0 Å². The van der Waals surface area contributed by atoms with Crippen molar-refractivity contribution in [3.8, 4) is 22.3 Å². The van der Waals surface area contributed by atoms with Crippen LogP contribution in [0.1, 0.15) is 22.8 Å². The highest BCUT2D eigenvalue weighted by Gasteiger charge is 2.23. The number of hydrogen-bond acceptors (Lipinski definition) is 5. The summed E-state index contributed by atoms with van der Waals surface area (Å²) in [6, 6.07) is 17.0. The largest absolute Gasteiger partial charge is 0.383 e. The number of nitrogens with two attached hydrogens (primary N) is 1. The number of carbonyl (C=O) groups excluding carboxylic acids is 1. The van der Waals surface area contributed by atoms with Gasteiger partial charge < -0.3 is 20.9 Å². The van der Waals surface area contributed by atoms with Gasteiger partial charge >= 0.3 is 0 Å². The van der Waals surface area contributed by atoms with Crippen molar-refractivity contribution >= 4 is 17.4 Å². The van der Waals surface area contributed by atoms with E-state index in [1.807, 2.05) is 18.3 Å². The average molecular weight is 440 g/mol. The summed E-state index contributed by atoms with van der Waals surface area (Å²) in [5.74, 6) is 0.474. The fourth-order valence-corrected chi connectivity index (χ4v) is 4.67. The molecule has 0 radical (unpaired) electrons. The Hall–Kier alpha value is -3.80. The highest BCUT2D eigenvalue weighted by atomic mass is 16.1. The fourth-order valence-electron chi connectivity index (χ4n) is 4.67. The van der Waals surface area contributed by atoms with Crippen LogP contribution in [0.3, 0.4) is 0 Å². The Morgan fingerprint density at radius 1 is 1.06 bits per heavy atom. The van der Waals surface area contributed by atoms with Gasteiger partial charge in [0.25, 0.3) is 5.91 Å². The zero-order valence-corrected chi connectivity index (χ0v) is 19.1. The third kappa shape index (κ3) is 3.93. The number of piperazine rings is 1. The van der Waals surface area contributed by atoms with Gasteiger partial charge in [0.2, 0.25) is 0 Å². The predicted octanol–water partition coefficient (Wildman–Crippen LogP) is 3.94. The highest BCUT2D eigenvalue weighted by molar-refractivity contribution is 5.97. The van der Waals surface area contributed by atoms with Crippen LogP contribution in [0, 0.1) is 0 Å². The molecule has 3 N–H and O–H groups in total. The maximum Gasteiger partial charge on any atom is 0.251 e. The van der Waals surface area contributed by atoms with Crippen molar-refractivity contribution < 1.29 is 4.79 Å². The zero-order valence-electron chi connectivity index (χ0n) is 19.1. The van der Waals surface area contributed by atoms with E-state index in [0.29, 0.717) is 18.4 Å². The molecule has 1 saturated heterocycles. The monoisotopic (exact) mass is 439 g/mol. The van der Waals surface area contributed by atoms with Crippen molar-refractivity contribution in [1.29, 1.82) is 0 Å². The van der Waals surface area contributed by atoms with Crippen molar-refractivity contribution in [2.24, 2.45) is 0 Å². The molecule has 6 nitrogen and oxygen atoms in total. The van der Waals surface area contributed by atoms with Crippen molar-refractivity contribution in [3.05, 3.63) is 78.1 Å². The molecular weight excluding hydrogens is 410 g/mol.